The Morgan fingerprint density at radius 2 is 1.82 bits per heavy atom. The number of nitrogens with zero attached hydrogens (tertiary/aromatic N) is 5. The number of nitrogen functional groups attached to an aromatic ring is 1. The number of hydrogen-bond acceptors (Lipinski definition) is 9. The zero-order valence-corrected chi connectivity index (χ0v) is 25.4. The van der Waals surface area contributed by atoms with Gasteiger partial charge in [0.15, 0.2) is 5.82 Å². The van der Waals surface area contributed by atoms with Gasteiger partial charge < -0.3 is 25.6 Å². The van der Waals surface area contributed by atoms with Gasteiger partial charge in [-0.3, -0.25) is 0 Å². The molecule has 0 spiro atoms. The molecule has 3 saturated heterocycles. The molecule has 8 nitrogen and oxygen atoms in total. The van der Waals surface area contributed by atoms with Crippen LogP contribution >= 0.6 is 11.3 Å². The summed E-state index contributed by atoms with van der Waals surface area (Å²) in [5.41, 5.74) is 5.66. The SMILES string of the molecule is N#Cc1c(N)sc2c(F)ccc(-c3c(F)cc4c(N5CC6CCC(C5)N6)nc(OCC5(CN6CC7CC7C6)CC5)nc4c3F)c12. The summed E-state index contributed by atoms with van der Waals surface area (Å²) in [6.45, 7) is 5.06. The third-order valence-electron chi connectivity index (χ3n) is 10.6. The standard InChI is InChI=1S/C33H32F3N7OS/c34-23-4-3-20(25-22(9-37)30(38)45-29(23)25)26-24(35)8-21-28(27(26)36)40-32(41-31(21)43-12-18-1-2-19(13-43)39-18)44-15-33(5-6-33)14-42-10-16-7-17(16)11-42/h3-4,8,16-19,39H,1-2,5-7,10-15,38H2. The Kier molecular flexibility index (Phi) is 6.09. The third-order valence-corrected chi connectivity index (χ3v) is 11.7. The van der Waals surface area contributed by atoms with Gasteiger partial charge in [0.25, 0.3) is 0 Å². The molecule has 2 aromatic carbocycles. The molecule has 4 atom stereocenters. The summed E-state index contributed by atoms with van der Waals surface area (Å²) in [5, 5.41) is 13.8. The molecule has 0 amide bonds. The zero-order valence-electron chi connectivity index (χ0n) is 24.6. The van der Waals surface area contributed by atoms with Gasteiger partial charge in [0, 0.05) is 61.0 Å². The lowest BCUT2D eigenvalue weighted by molar-refractivity contribution is 0.163. The minimum Gasteiger partial charge on any atom is -0.463 e. The molecule has 3 N–H and O–H groups in total. The van der Waals surface area contributed by atoms with Gasteiger partial charge >= 0.3 is 6.01 Å². The van der Waals surface area contributed by atoms with Crippen LogP contribution in [0, 0.1) is 46.0 Å². The van der Waals surface area contributed by atoms with E-state index in [1.165, 1.54) is 18.6 Å². The van der Waals surface area contributed by atoms with Gasteiger partial charge in [0.1, 0.15) is 34.0 Å². The van der Waals surface area contributed by atoms with E-state index in [4.69, 9.17) is 15.5 Å². The number of piperazine rings is 1. The Balaban J connectivity index is 1.14. The number of piperidine rings is 1. The van der Waals surface area contributed by atoms with Crippen molar-refractivity contribution < 1.29 is 17.9 Å². The number of anilines is 2. The number of aromatic nitrogens is 2. The van der Waals surface area contributed by atoms with Gasteiger partial charge in [0.2, 0.25) is 0 Å². The van der Waals surface area contributed by atoms with Crippen LogP contribution in [0.2, 0.25) is 0 Å². The summed E-state index contributed by atoms with van der Waals surface area (Å²) in [7, 11) is 0. The molecule has 12 heteroatoms. The number of benzene rings is 2. The summed E-state index contributed by atoms with van der Waals surface area (Å²) < 4.78 is 54.0. The first kappa shape index (κ1) is 27.6. The second kappa shape index (κ2) is 9.92. The highest BCUT2D eigenvalue weighted by atomic mass is 32.1. The minimum absolute atomic E-state index is 0.00266. The molecule has 45 heavy (non-hydrogen) atoms. The van der Waals surface area contributed by atoms with E-state index in [1.54, 1.807) is 0 Å². The van der Waals surface area contributed by atoms with E-state index in [0.29, 0.717) is 25.5 Å². The van der Waals surface area contributed by atoms with E-state index in [2.05, 4.69) is 20.1 Å². The molecule has 4 aromatic rings. The number of halogens is 3. The van der Waals surface area contributed by atoms with Crippen molar-refractivity contribution in [2.24, 2.45) is 17.3 Å². The Morgan fingerprint density at radius 1 is 1.07 bits per heavy atom. The number of ether oxygens (including phenoxy) is 1. The summed E-state index contributed by atoms with van der Waals surface area (Å²) in [6, 6.07) is 6.30. The van der Waals surface area contributed by atoms with Gasteiger partial charge in [-0.2, -0.15) is 15.2 Å². The van der Waals surface area contributed by atoms with E-state index in [1.807, 2.05) is 6.07 Å². The number of nitrogens with one attached hydrogen (secondary N) is 1. The van der Waals surface area contributed by atoms with Crippen molar-refractivity contribution in [2.45, 2.75) is 44.2 Å². The first-order valence-electron chi connectivity index (χ1n) is 15.8. The highest BCUT2D eigenvalue weighted by Gasteiger charge is 2.51. The quantitative estimate of drug-likeness (QED) is 0.278. The molecule has 5 aliphatic rings. The van der Waals surface area contributed by atoms with E-state index in [-0.39, 0.29) is 66.2 Å². The summed E-state index contributed by atoms with van der Waals surface area (Å²) >= 11 is 0.886. The molecule has 3 aliphatic heterocycles. The maximum atomic E-state index is 16.7. The van der Waals surface area contributed by atoms with Crippen molar-refractivity contribution in [3.63, 3.8) is 0 Å². The van der Waals surface area contributed by atoms with Crippen molar-refractivity contribution in [1.29, 1.82) is 5.26 Å². The number of nitrogens with two attached hydrogens (primary N) is 1. The van der Waals surface area contributed by atoms with Gasteiger partial charge in [0.05, 0.1) is 22.4 Å². The van der Waals surface area contributed by atoms with Crippen LogP contribution in [0.4, 0.5) is 24.0 Å². The van der Waals surface area contributed by atoms with Gasteiger partial charge in [-0.25, -0.2) is 13.2 Å². The molecule has 2 aliphatic carbocycles. The number of hydrogen-bond donors (Lipinski definition) is 2. The molecule has 2 aromatic heterocycles. The molecule has 5 heterocycles. The van der Waals surface area contributed by atoms with Crippen LogP contribution in [0.15, 0.2) is 18.2 Å². The second-order valence-electron chi connectivity index (χ2n) is 13.8. The summed E-state index contributed by atoms with van der Waals surface area (Å²) in [6.07, 6.45) is 5.56. The van der Waals surface area contributed by atoms with Crippen molar-refractivity contribution in [3.8, 4) is 23.2 Å². The normalized spacial score (nSPS) is 26.4. The van der Waals surface area contributed by atoms with E-state index >= 15 is 8.78 Å². The lowest BCUT2D eigenvalue weighted by Crippen LogP contribution is -2.51. The van der Waals surface area contributed by atoms with Gasteiger partial charge in [-0.1, -0.05) is 6.07 Å². The average molecular weight is 632 g/mol. The predicted molar refractivity (Wildman–Crippen MR) is 167 cm³/mol. The predicted octanol–water partition coefficient (Wildman–Crippen LogP) is 5.43. The molecule has 9 rings (SSSR count). The number of rotatable bonds is 7. The lowest BCUT2D eigenvalue weighted by Gasteiger charge is -2.34. The fourth-order valence-corrected chi connectivity index (χ4v) is 8.98. The average Bonchev–Trinajstić information content (AvgIpc) is 3.83. The first-order chi connectivity index (χ1) is 21.8. The Hall–Kier alpha value is -3.66. The maximum Gasteiger partial charge on any atom is 0.319 e. The summed E-state index contributed by atoms with van der Waals surface area (Å²) in [4.78, 5) is 14.0. The molecular weight excluding hydrogens is 599 g/mol. The van der Waals surface area contributed by atoms with Gasteiger partial charge in [-0.05, 0) is 61.6 Å². The van der Waals surface area contributed by atoms with Crippen molar-refractivity contribution in [3.05, 3.63) is 41.2 Å². The highest BCUT2D eigenvalue weighted by Crippen LogP contribution is 2.51. The molecule has 2 bridgehead atoms. The second-order valence-corrected chi connectivity index (χ2v) is 14.9. The van der Waals surface area contributed by atoms with Crippen molar-refractivity contribution >= 4 is 43.1 Å². The Labute approximate surface area is 262 Å². The summed E-state index contributed by atoms with van der Waals surface area (Å²) in [5.74, 6) is -0.199. The monoisotopic (exact) mass is 631 g/mol. The van der Waals surface area contributed by atoms with E-state index < -0.39 is 17.5 Å². The van der Waals surface area contributed by atoms with E-state index in [0.717, 1.165) is 74.6 Å². The molecule has 4 unspecified atom stereocenters. The number of nitriles is 1. The first-order valence-corrected chi connectivity index (χ1v) is 16.6. The van der Waals surface area contributed by atoms with Crippen molar-refractivity contribution in [2.75, 3.05) is 50.0 Å². The molecule has 2 saturated carbocycles. The van der Waals surface area contributed by atoms with Crippen LogP contribution in [0.3, 0.4) is 0 Å². The van der Waals surface area contributed by atoms with Gasteiger partial charge in [-0.15, -0.1) is 11.3 Å². The smallest absolute Gasteiger partial charge is 0.319 e. The topological polar surface area (TPSA) is 103 Å². The highest BCUT2D eigenvalue weighted by molar-refractivity contribution is 7.23. The number of thiophene rings is 1. The van der Waals surface area contributed by atoms with Crippen LogP contribution in [0.5, 0.6) is 6.01 Å². The molecule has 5 fully saturated rings. The van der Waals surface area contributed by atoms with Crippen LogP contribution < -0.4 is 20.7 Å². The molecular formula is C33H32F3N7OS. The number of likely N-dealkylation sites (tertiary alicyclic amines) is 1. The maximum absolute atomic E-state index is 16.7. The number of fused-ring (bicyclic) bond motifs is 5. The molecule has 232 valence electrons. The largest absolute Gasteiger partial charge is 0.463 e. The van der Waals surface area contributed by atoms with Crippen molar-refractivity contribution in [1.82, 2.24) is 20.2 Å². The van der Waals surface area contributed by atoms with Crippen LogP contribution in [-0.4, -0.2) is 66.3 Å². The van der Waals surface area contributed by atoms with Crippen LogP contribution in [0.25, 0.3) is 32.1 Å². The fourth-order valence-electron chi connectivity index (χ4n) is 8.03. The Morgan fingerprint density at radius 3 is 2.53 bits per heavy atom. The zero-order chi connectivity index (χ0) is 30.6. The molecule has 0 radical (unpaired) electrons. The third kappa shape index (κ3) is 4.54. The van der Waals surface area contributed by atoms with E-state index in [9.17, 15) is 9.65 Å². The van der Waals surface area contributed by atoms with Crippen LogP contribution in [-0.2, 0) is 0 Å². The fraction of sp³-hybridized carbons (Fsp3) is 0.485. The minimum atomic E-state index is -0.907. The Bertz CT molecular complexity index is 1920. The van der Waals surface area contributed by atoms with Crippen LogP contribution in [0.1, 0.15) is 37.7 Å². The lowest BCUT2D eigenvalue weighted by atomic mass is 9.96.